The SMILES string of the molecule is O=c1cccccc2cc3c(cc2c[nH]1)OCO3. The van der Waals surface area contributed by atoms with Gasteiger partial charge in [0.15, 0.2) is 11.5 Å². The Balaban J connectivity index is 2.35. The van der Waals surface area contributed by atoms with Gasteiger partial charge < -0.3 is 14.5 Å². The third kappa shape index (κ3) is 2.00. The van der Waals surface area contributed by atoms with Crippen molar-refractivity contribution in [1.29, 1.82) is 0 Å². The van der Waals surface area contributed by atoms with Crippen LogP contribution < -0.4 is 15.0 Å². The minimum atomic E-state index is -0.162. The van der Waals surface area contributed by atoms with Gasteiger partial charge in [-0.1, -0.05) is 24.3 Å². The zero-order valence-electron chi connectivity index (χ0n) is 9.55. The lowest BCUT2D eigenvalue weighted by molar-refractivity contribution is 0.174. The van der Waals surface area contributed by atoms with Gasteiger partial charge in [-0.25, -0.2) is 0 Å². The van der Waals surface area contributed by atoms with Crippen LogP contribution in [-0.2, 0) is 0 Å². The first-order valence-corrected chi connectivity index (χ1v) is 5.58. The van der Waals surface area contributed by atoms with Crippen LogP contribution in [0.5, 0.6) is 11.5 Å². The highest BCUT2D eigenvalue weighted by Gasteiger charge is 2.13. The molecule has 0 saturated carbocycles. The van der Waals surface area contributed by atoms with E-state index in [1.165, 1.54) is 6.07 Å². The Morgan fingerprint density at radius 1 is 0.944 bits per heavy atom. The van der Waals surface area contributed by atoms with Crippen molar-refractivity contribution >= 4 is 10.8 Å². The normalized spacial score (nSPS) is 12.2. The number of H-pyrrole nitrogens is 1. The molecule has 90 valence electrons. The molecule has 2 aromatic rings. The molecule has 2 heterocycles. The number of nitrogens with one attached hydrogen (secondary N) is 1. The molecule has 0 saturated heterocycles. The summed E-state index contributed by atoms with van der Waals surface area (Å²) in [5.41, 5.74) is -0.162. The maximum atomic E-state index is 11.4. The van der Waals surface area contributed by atoms with Crippen LogP contribution in [0, 0.1) is 0 Å². The lowest BCUT2D eigenvalue weighted by atomic mass is 10.1. The number of aromatic nitrogens is 1. The molecule has 1 aliphatic rings. The fourth-order valence-electron chi connectivity index (χ4n) is 1.81. The summed E-state index contributed by atoms with van der Waals surface area (Å²) in [6.45, 7) is 0.238. The molecule has 1 aromatic carbocycles. The molecule has 18 heavy (non-hydrogen) atoms. The highest BCUT2D eigenvalue weighted by atomic mass is 16.7. The Morgan fingerprint density at radius 3 is 2.50 bits per heavy atom. The van der Waals surface area contributed by atoms with Gasteiger partial charge in [0.25, 0.3) is 0 Å². The van der Waals surface area contributed by atoms with Crippen LogP contribution in [0.3, 0.4) is 0 Å². The molecular formula is C14H11NO3. The molecule has 1 N–H and O–H groups in total. The van der Waals surface area contributed by atoms with E-state index in [0.29, 0.717) is 5.75 Å². The van der Waals surface area contributed by atoms with Crippen LogP contribution in [0.25, 0.3) is 10.8 Å². The predicted molar refractivity (Wildman–Crippen MR) is 68.3 cm³/mol. The van der Waals surface area contributed by atoms with Gasteiger partial charge in [0.05, 0.1) is 0 Å². The van der Waals surface area contributed by atoms with Crippen LogP contribution in [0.1, 0.15) is 0 Å². The quantitative estimate of drug-likeness (QED) is 0.770. The first-order valence-electron chi connectivity index (χ1n) is 5.58. The topological polar surface area (TPSA) is 51.3 Å². The van der Waals surface area contributed by atoms with Crippen LogP contribution in [-0.4, -0.2) is 11.8 Å². The van der Waals surface area contributed by atoms with Crippen LogP contribution in [0.4, 0.5) is 0 Å². The molecule has 1 aromatic heterocycles. The van der Waals surface area contributed by atoms with E-state index in [9.17, 15) is 4.79 Å². The van der Waals surface area contributed by atoms with Crippen LogP contribution >= 0.6 is 0 Å². The molecule has 0 fully saturated rings. The first-order chi connectivity index (χ1) is 8.83. The summed E-state index contributed by atoms with van der Waals surface area (Å²) in [6.07, 6.45) is 1.67. The molecular weight excluding hydrogens is 230 g/mol. The van der Waals surface area contributed by atoms with Crippen molar-refractivity contribution in [2.75, 3.05) is 6.79 Å². The third-order valence-corrected chi connectivity index (χ3v) is 2.69. The molecule has 0 bridgehead atoms. The van der Waals surface area contributed by atoms with E-state index in [0.717, 1.165) is 16.5 Å². The fraction of sp³-hybridized carbons (Fsp3) is 0.0714. The minimum Gasteiger partial charge on any atom is -0.454 e. The molecule has 4 nitrogen and oxygen atoms in total. The van der Waals surface area contributed by atoms with Crippen molar-refractivity contribution in [3.63, 3.8) is 0 Å². The van der Waals surface area contributed by atoms with Crippen molar-refractivity contribution in [3.8, 4) is 11.5 Å². The molecule has 1 aliphatic heterocycles. The molecule has 0 aliphatic carbocycles. The average molecular weight is 241 g/mol. The van der Waals surface area contributed by atoms with Gasteiger partial charge in [-0.2, -0.15) is 0 Å². The summed E-state index contributed by atoms with van der Waals surface area (Å²) in [4.78, 5) is 14.1. The molecule has 4 heteroatoms. The molecule has 0 unspecified atom stereocenters. The Bertz CT molecular complexity index is 705. The maximum Gasteiger partial charge on any atom is 0.247 e. The van der Waals surface area contributed by atoms with Crippen LogP contribution in [0.15, 0.2) is 53.5 Å². The van der Waals surface area contributed by atoms with Crippen molar-refractivity contribution < 1.29 is 9.47 Å². The molecule has 0 atom stereocenters. The number of benzene rings is 1. The summed E-state index contributed by atoms with van der Waals surface area (Å²) >= 11 is 0. The van der Waals surface area contributed by atoms with E-state index < -0.39 is 0 Å². The van der Waals surface area contributed by atoms with Crippen molar-refractivity contribution in [1.82, 2.24) is 4.98 Å². The lowest BCUT2D eigenvalue weighted by Crippen LogP contribution is -1.97. The third-order valence-electron chi connectivity index (χ3n) is 2.69. The van der Waals surface area contributed by atoms with E-state index in [1.54, 1.807) is 18.3 Å². The fourth-order valence-corrected chi connectivity index (χ4v) is 1.81. The van der Waals surface area contributed by atoms with Gasteiger partial charge >= 0.3 is 0 Å². The maximum absolute atomic E-state index is 11.4. The highest BCUT2D eigenvalue weighted by Crippen LogP contribution is 2.35. The average Bonchev–Trinajstić information content (AvgIpc) is 2.82. The number of fused-ring (bicyclic) bond motifs is 2. The van der Waals surface area contributed by atoms with Gasteiger partial charge in [-0.05, 0) is 17.5 Å². The monoisotopic (exact) mass is 241 g/mol. The predicted octanol–water partition coefficient (Wildman–Crippen LogP) is 2.38. The standard InChI is InChI=1S/C14H11NO3/c16-14-5-3-1-2-4-10-6-12-13(18-9-17-12)7-11(10)8-15-14/h1-8H,9H2,(H,15,16). The summed E-state index contributed by atoms with van der Waals surface area (Å²) < 4.78 is 10.7. The Labute approximate surface area is 103 Å². The van der Waals surface area contributed by atoms with Gasteiger partial charge in [-0.3, -0.25) is 4.79 Å². The van der Waals surface area contributed by atoms with Crippen molar-refractivity contribution in [3.05, 3.63) is 59.0 Å². The van der Waals surface area contributed by atoms with E-state index in [-0.39, 0.29) is 12.4 Å². The van der Waals surface area contributed by atoms with Gasteiger partial charge in [0.1, 0.15) is 0 Å². The number of aromatic amines is 1. The second-order valence-electron chi connectivity index (χ2n) is 3.90. The largest absolute Gasteiger partial charge is 0.454 e. The molecule has 0 radical (unpaired) electrons. The zero-order valence-corrected chi connectivity index (χ0v) is 9.55. The van der Waals surface area contributed by atoms with E-state index in [1.807, 2.05) is 24.3 Å². The first kappa shape index (κ1) is 10.7. The van der Waals surface area contributed by atoms with Gasteiger partial charge in [0.2, 0.25) is 12.4 Å². The number of ether oxygens (including phenoxy) is 2. The summed E-state index contributed by atoms with van der Waals surface area (Å²) in [5, 5.41) is 1.85. The number of rotatable bonds is 0. The molecule has 0 amide bonds. The highest BCUT2D eigenvalue weighted by molar-refractivity contribution is 5.84. The van der Waals surface area contributed by atoms with Crippen LogP contribution in [0.2, 0.25) is 0 Å². The zero-order chi connectivity index (χ0) is 12.4. The molecule has 3 rings (SSSR count). The minimum absolute atomic E-state index is 0.162. The lowest BCUT2D eigenvalue weighted by Gasteiger charge is -1.97. The van der Waals surface area contributed by atoms with Crippen molar-refractivity contribution in [2.45, 2.75) is 0 Å². The Hall–Kier alpha value is -2.49. The Kier molecular flexibility index (Phi) is 2.61. The van der Waals surface area contributed by atoms with E-state index >= 15 is 0 Å². The summed E-state index contributed by atoms with van der Waals surface area (Å²) in [5.74, 6) is 1.43. The second-order valence-corrected chi connectivity index (χ2v) is 3.90. The second kappa shape index (κ2) is 4.41. The summed E-state index contributed by atoms with van der Waals surface area (Å²) in [6, 6.07) is 12.6. The van der Waals surface area contributed by atoms with E-state index in [4.69, 9.17) is 9.47 Å². The molecule has 0 spiro atoms. The number of hydrogen-bond donors (Lipinski definition) is 1. The van der Waals surface area contributed by atoms with Gasteiger partial charge in [0, 0.05) is 17.6 Å². The van der Waals surface area contributed by atoms with Crippen molar-refractivity contribution in [2.24, 2.45) is 0 Å². The Morgan fingerprint density at radius 2 is 1.67 bits per heavy atom. The van der Waals surface area contributed by atoms with Gasteiger partial charge in [-0.15, -0.1) is 0 Å². The summed E-state index contributed by atoms with van der Waals surface area (Å²) in [7, 11) is 0. The smallest absolute Gasteiger partial charge is 0.247 e. The van der Waals surface area contributed by atoms with E-state index in [2.05, 4.69) is 4.98 Å². The number of hydrogen-bond acceptors (Lipinski definition) is 3.